The Morgan fingerprint density at radius 2 is 1.87 bits per heavy atom. The molecule has 0 radical (unpaired) electrons. The molecule has 0 atom stereocenters. The highest BCUT2D eigenvalue weighted by Gasteiger charge is 2.46. The molecule has 6 rings (SSSR count). The predicted molar refractivity (Wildman–Crippen MR) is 144 cm³/mol. The maximum Gasteiger partial charge on any atom is 0.298 e. The van der Waals surface area contributed by atoms with Gasteiger partial charge in [0, 0.05) is 11.5 Å². The molecule has 2 fully saturated rings. The first-order valence-electron chi connectivity index (χ1n) is 12.7. The number of nitrogens with zero attached hydrogens (tertiary/aromatic N) is 3. The van der Waals surface area contributed by atoms with Crippen molar-refractivity contribution < 1.29 is 23.9 Å². The van der Waals surface area contributed by atoms with Crippen LogP contribution < -0.4 is 9.47 Å². The summed E-state index contributed by atoms with van der Waals surface area (Å²) < 4.78 is 16.7. The van der Waals surface area contributed by atoms with Crippen molar-refractivity contribution in [3.05, 3.63) is 87.0 Å². The van der Waals surface area contributed by atoms with Gasteiger partial charge in [0.25, 0.3) is 6.47 Å². The molecular formula is C29H25Cl2N3O5. The standard InChI is InChI=1S/C29H25Cl2N3O5/c1-16-7-18(9-20(8-16)38-15-35)19-10-29(36,11-19)24-12-33-25(13-32-24)37-14-21-27(34-39-28(21)17-5-6-17)26-22(30)3-2-4-23(26)31/h2-4,7-9,12-13,15,17,19,36H,5-6,10-11,14H2,1H3. The van der Waals surface area contributed by atoms with Gasteiger partial charge >= 0.3 is 0 Å². The molecule has 0 spiro atoms. The third-order valence-electron chi connectivity index (χ3n) is 7.33. The van der Waals surface area contributed by atoms with Crippen molar-refractivity contribution in [1.29, 1.82) is 0 Å². The molecule has 1 N–H and O–H groups in total. The SMILES string of the molecule is Cc1cc(OC=O)cc(C2CC(O)(c3cnc(OCc4c(-c5c(Cl)cccc5Cl)noc4C4CC4)cn3)C2)c1. The zero-order valence-corrected chi connectivity index (χ0v) is 22.6. The van der Waals surface area contributed by atoms with Crippen molar-refractivity contribution in [2.45, 2.75) is 56.7 Å². The highest BCUT2D eigenvalue weighted by Crippen LogP contribution is 2.51. The smallest absolute Gasteiger partial charge is 0.298 e. The van der Waals surface area contributed by atoms with Crippen LogP contribution in [0.3, 0.4) is 0 Å². The van der Waals surface area contributed by atoms with E-state index >= 15 is 0 Å². The normalized spacial score (nSPS) is 20.4. The van der Waals surface area contributed by atoms with Crippen LogP contribution in [0.1, 0.15) is 65.7 Å². The van der Waals surface area contributed by atoms with Gasteiger partial charge in [0.05, 0.1) is 33.7 Å². The van der Waals surface area contributed by atoms with Crippen molar-refractivity contribution in [2.24, 2.45) is 0 Å². The van der Waals surface area contributed by atoms with E-state index in [-0.39, 0.29) is 12.5 Å². The average Bonchev–Trinajstić information content (AvgIpc) is 3.66. The molecule has 0 aliphatic heterocycles. The molecule has 2 heterocycles. The summed E-state index contributed by atoms with van der Waals surface area (Å²) in [6.45, 7) is 2.51. The lowest BCUT2D eigenvalue weighted by Crippen LogP contribution is -2.40. The van der Waals surface area contributed by atoms with Gasteiger partial charge < -0.3 is 19.1 Å². The van der Waals surface area contributed by atoms with Crippen molar-refractivity contribution in [1.82, 2.24) is 15.1 Å². The van der Waals surface area contributed by atoms with E-state index in [4.69, 9.17) is 37.2 Å². The lowest BCUT2D eigenvalue weighted by Gasteiger charge is -2.43. The van der Waals surface area contributed by atoms with Gasteiger partial charge in [-0.25, -0.2) is 4.98 Å². The fourth-order valence-corrected chi connectivity index (χ4v) is 5.74. The largest absolute Gasteiger partial charge is 0.471 e. The van der Waals surface area contributed by atoms with Crippen molar-refractivity contribution in [3.63, 3.8) is 0 Å². The lowest BCUT2D eigenvalue weighted by molar-refractivity contribution is -0.120. The zero-order valence-electron chi connectivity index (χ0n) is 21.1. The quantitative estimate of drug-likeness (QED) is 0.229. The molecular weight excluding hydrogens is 541 g/mol. The van der Waals surface area contributed by atoms with Crippen molar-refractivity contribution in [3.8, 4) is 22.9 Å². The van der Waals surface area contributed by atoms with E-state index in [1.807, 2.05) is 19.1 Å². The minimum Gasteiger partial charge on any atom is -0.471 e. The van der Waals surface area contributed by atoms with Crippen LogP contribution >= 0.6 is 23.2 Å². The Hall–Kier alpha value is -3.46. The molecule has 0 bridgehead atoms. The maximum absolute atomic E-state index is 11.2. The summed E-state index contributed by atoms with van der Waals surface area (Å²) in [5.41, 5.74) is 3.34. The fraction of sp³-hybridized carbons (Fsp3) is 0.310. The number of aromatic nitrogens is 3. The summed E-state index contributed by atoms with van der Waals surface area (Å²) in [4.78, 5) is 19.6. The Balaban J connectivity index is 1.16. The minimum atomic E-state index is -1.09. The minimum absolute atomic E-state index is 0.117. The molecule has 0 amide bonds. The second-order valence-corrected chi connectivity index (χ2v) is 11.0. The van der Waals surface area contributed by atoms with E-state index in [2.05, 4.69) is 15.1 Å². The van der Waals surface area contributed by atoms with E-state index in [1.165, 1.54) is 6.20 Å². The molecule has 0 unspecified atom stereocenters. The Kier molecular flexibility index (Phi) is 6.79. The fourth-order valence-electron chi connectivity index (χ4n) is 5.16. The first-order valence-corrected chi connectivity index (χ1v) is 13.4. The Bertz CT molecular complexity index is 1510. The highest BCUT2D eigenvalue weighted by atomic mass is 35.5. The number of hydrogen-bond acceptors (Lipinski definition) is 8. The maximum atomic E-state index is 11.2. The molecule has 8 nitrogen and oxygen atoms in total. The van der Waals surface area contributed by atoms with Crippen LogP contribution in [0.15, 0.2) is 53.3 Å². The van der Waals surface area contributed by atoms with Crippen molar-refractivity contribution >= 4 is 29.7 Å². The van der Waals surface area contributed by atoms with Gasteiger partial charge in [-0.1, -0.05) is 40.5 Å². The van der Waals surface area contributed by atoms with Gasteiger partial charge in [-0.3, -0.25) is 9.78 Å². The summed E-state index contributed by atoms with van der Waals surface area (Å²) in [5, 5.41) is 16.4. The number of rotatable bonds is 9. The molecule has 4 aromatic rings. The average molecular weight is 566 g/mol. The van der Waals surface area contributed by atoms with Crippen LogP contribution in [-0.4, -0.2) is 26.7 Å². The third-order valence-corrected chi connectivity index (χ3v) is 7.96. The van der Waals surface area contributed by atoms with Gasteiger partial charge in [-0.2, -0.15) is 0 Å². The molecule has 2 saturated carbocycles. The number of halogens is 2. The number of aryl methyl sites for hydroxylation is 1. The first kappa shape index (κ1) is 25.8. The molecule has 200 valence electrons. The molecule has 2 aliphatic rings. The van der Waals surface area contributed by atoms with E-state index < -0.39 is 5.60 Å². The van der Waals surface area contributed by atoms with E-state index in [0.29, 0.717) is 63.9 Å². The van der Waals surface area contributed by atoms with E-state index in [0.717, 1.165) is 35.3 Å². The van der Waals surface area contributed by atoms with E-state index in [1.54, 1.807) is 30.5 Å². The number of aliphatic hydroxyl groups is 1. The number of ether oxygens (including phenoxy) is 2. The van der Waals surface area contributed by atoms with Crippen LogP contribution in [0.5, 0.6) is 11.6 Å². The van der Waals surface area contributed by atoms with Crippen LogP contribution in [0.2, 0.25) is 10.0 Å². The second-order valence-electron chi connectivity index (χ2n) is 10.2. The summed E-state index contributed by atoms with van der Waals surface area (Å²) >= 11 is 12.9. The summed E-state index contributed by atoms with van der Waals surface area (Å²) in [6, 6.07) is 11.0. The molecule has 10 heteroatoms. The summed E-state index contributed by atoms with van der Waals surface area (Å²) in [6.07, 6.45) is 6.08. The molecule has 2 aromatic carbocycles. The summed E-state index contributed by atoms with van der Waals surface area (Å²) in [5.74, 6) is 2.00. The Labute approximate surface area is 234 Å². The van der Waals surface area contributed by atoms with Crippen LogP contribution in [0.4, 0.5) is 0 Å². The molecule has 39 heavy (non-hydrogen) atoms. The van der Waals surface area contributed by atoms with Gasteiger partial charge in [-0.15, -0.1) is 0 Å². The molecule has 0 saturated heterocycles. The predicted octanol–water partition coefficient (Wildman–Crippen LogP) is 6.50. The number of carbonyl (C=O) groups excluding carboxylic acids is 1. The second kappa shape index (κ2) is 10.3. The number of carbonyl (C=O) groups is 1. The third kappa shape index (κ3) is 5.12. The molecule has 2 aromatic heterocycles. The monoisotopic (exact) mass is 565 g/mol. The van der Waals surface area contributed by atoms with Crippen LogP contribution in [0.25, 0.3) is 11.3 Å². The summed E-state index contributed by atoms with van der Waals surface area (Å²) in [7, 11) is 0. The van der Waals surface area contributed by atoms with Crippen molar-refractivity contribution in [2.75, 3.05) is 0 Å². The Morgan fingerprint density at radius 1 is 1.10 bits per heavy atom. The van der Waals surface area contributed by atoms with E-state index in [9.17, 15) is 9.90 Å². The van der Waals surface area contributed by atoms with Crippen LogP contribution in [0, 0.1) is 6.92 Å². The molecule has 2 aliphatic carbocycles. The van der Waals surface area contributed by atoms with Crippen LogP contribution in [-0.2, 0) is 17.0 Å². The van der Waals surface area contributed by atoms with Gasteiger partial charge in [0.2, 0.25) is 5.88 Å². The lowest BCUT2D eigenvalue weighted by atomic mass is 9.66. The first-order chi connectivity index (χ1) is 18.8. The topological polar surface area (TPSA) is 108 Å². The van der Waals surface area contributed by atoms with Gasteiger partial charge in [-0.05, 0) is 73.9 Å². The highest BCUT2D eigenvalue weighted by molar-refractivity contribution is 6.39. The number of hydrogen-bond donors (Lipinski definition) is 1. The van der Waals surface area contributed by atoms with Gasteiger partial charge in [0.15, 0.2) is 0 Å². The number of benzene rings is 2. The van der Waals surface area contributed by atoms with Gasteiger partial charge in [0.1, 0.15) is 29.4 Å². The zero-order chi connectivity index (χ0) is 27.1. The Morgan fingerprint density at radius 3 is 2.54 bits per heavy atom.